The number of aromatic nitrogens is 3. The molecule has 2 aromatic heterocycles. The molecule has 0 bridgehead atoms. The normalized spacial score (nSPS) is 11.0. The summed E-state index contributed by atoms with van der Waals surface area (Å²) in [5.74, 6) is 0.957. The van der Waals surface area contributed by atoms with E-state index in [0.717, 1.165) is 5.52 Å². The summed E-state index contributed by atoms with van der Waals surface area (Å²) in [6.45, 7) is 0. The van der Waals surface area contributed by atoms with E-state index in [-0.39, 0.29) is 0 Å². The highest BCUT2D eigenvalue weighted by atomic mass is 35.5. The predicted molar refractivity (Wildman–Crippen MR) is 73.8 cm³/mol. The van der Waals surface area contributed by atoms with Crippen LogP contribution in [0.3, 0.4) is 0 Å². The molecule has 0 saturated heterocycles. The number of benzene rings is 1. The van der Waals surface area contributed by atoms with Crippen LogP contribution < -0.4 is 5.73 Å². The second-order valence-corrected chi connectivity index (χ2v) is 4.59. The van der Waals surface area contributed by atoms with E-state index < -0.39 is 0 Å². The molecule has 18 heavy (non-hydrogen) atoms. The molecule has 0 aliphatic rings. The third kappa shape index (κ3) is 1.70. The first kappa shape index (κ1) is 11.3. The molecule has 0 aliphatic heterocycles. The van der Waals surface area contributed by atoms with Crippen LogP contribution in [0.15, 0.2) is 30.5 Å². The van der Waals surface area contributed by atoms with Gasteiger partial charge in [0.15, 0.2) is 5.82 Å². The number of hydrogen-bond acceptors (Lipinski definition) is 3. The van der Waals surface area contributed by atoms with Crippen LogP contribution in [0.4, 0.5) is 5.82 Å². The fraction of sp³-hybridized carbons (Fsp3) is 0. The number of anilines is 1. The Morgan fingerprint density at radius 3 is 2.50 bits per heavy atom. The second-order valence-electron chi connectivity index (χ2n) is 3.77. The summed E-state index contributed by atoms with van der Waals surface area (Å²) in [5.41, 5.74) is 7.84. The van der Waals surface area contributed by atoms with Crippen molar-refractivity contribution in [3.63, 3.8) is 0 Å². The molecule has 4 nitrogen and oxygen atoms in total. The Hall–Kier alpha value is -1.78. The third-order valence-electron chi connectivity index (χ3n) is 2.63. The maximum absolute atomic E-state index is 6.14. The van der Waals surface area contributed by atoms with Crippen LogP contribution in [0.2, 0.25) is 10.0 Å². The highest BCUT2D eigenvalue weighted by Crippen LogP contribution is 2.34. The van der Waals surface area contributed by atoms with Crippen molar-refractivity contribution in [2.24, 2.45) is 0 Å². The average Bonchev–Trinajstić information content (AvgIpc) is 2.74. The zero-order valence-corrected chi connectivity index (χ0v) is 10.6. The smallest absolute Gasteiger partial charge is 0.151 e. The number of H-pyrrole nitrogens is 1. The number of nitrogens with two attached hydrogens (primary N) is 1. The molecule has 1 aromatic carbocycles. The Kier molecular flexibility index (Phi) is 2.61. The van der Waals surface area contributed by atoms with Crippen molar-refractivity contribution in [3.05, 3.63) is 40.5 Å². The fourth-order valence-corrected chi connectivity index (χ4v) is 2.37. The van der Waals surface area contributed by atoms with Gasteiger partial charge in [0.1, 0.15) is 11.3 Å². The molecule has 90 valence electrons. The van der Waals surface area contributed by atoms with Gasteiger partial charge in [-0.05, 0) is 18.2 Å². The molecule has 0 amide bonds. The zero-order valence-electron chi connectivity index (χ0n) is 9.11. The summed E-state index contributed by atoms with van der Waals surface area (Å²) in [4.78, 5) is 11.5. The molecule has 2 heterocycles. The highest BCUT2D eigenvalue weighted by Gasteiger charge is 2.13. The first-order valence-electron chi connectivity index (χ1n) is 5.21. The van der Waals surface area contributed by atoms with Crippen LogP contribution in [0.25, 0.3) is 22.4 Å². The maximum atomic E-state index is 6.14. The average molecular weight is 279 g/mol. The van der Waals surface area contributed by atoms with Crippen molar-refractivity contribution in [2.75, 3.05) is 5.73 Å². The molecular formula is C12H8Cl2N4. The minimum Gasteiger partial charge on any atom is -0.382 e. The van der Waals surface area contributed by atoms with Crippen LogP contribution >= 0.6 is 23.2 Å². The molecular weight excluding hydrogens is 271 g/mol. The number of hydrogen-bond donors (Lipinski definition) is 2. The molecule has 0 unspecified atom stereocenters. The lowest BCUT2D eigenvalue weighted by atomic mass is 10.2. The molecule has 3 rings (SSSR count). The van der Waals surface area contributed by atoms with Gasteiger partial charge in [-0.3, -0.25) is 0 Å². The van der Waals surface area contributed by atoms with Crippen LogP contribution in [0.5, 0.6) is 0 Å². The van der Waals surface area contributed by atoms with E-state index in [2.05, 4.69) is 15.0 Å². The van der Waals surface area contributed by atoms with E-state index in [4.69, 9.17) is 28.9 Å². The fourth-order valence-electron chi connectivity index (χ4n) is 1.80. The van der Waals surface area contributed by atoms with E-state index in [1.807, 2.05) is 0 Å². The predicted octanol–water partition coefficient (Wildman–Crippen LogP) is 3.51. The first-order chi connectivity index (χ1) is 8.66. The van der Waals surface area contributed by atoms with Crippen molar-refractivity contribution in [2.45, 2.75) is 0 Å². The van der Waals surface area contributed by atoms with Gasteiger partial charge in [-0.15, -0.1) is 0 Å². The van der Waals surface area contributed by atoms with Gasteiger partial charge >= 0.3 is 0 Å². The lowest BCUT2D eigenvalue weighted by Crippen LogP contribution is -1.89. The van der Waals surface area contributed by atoms with E-state index in [1.54, 1.807) is 30.5 Å². The minimum absolute atomic E-state index is 0.373. The number of nitrogen functional groups attached to an aromatic ring is 1. The van der Waals surface area contributed by atoms with Gasteiger partial charge in [0, 0.05) is 6.20 Å². The number of nitrogens with zero attached hydrogens (tertiary/aromatic N) is 2. The zero-order chi connectivity index (χ0) is 12.7. The Bertz CT molecular complexity index is 716. The Morgan fingerprint density at radius 2 is 1.83 bits per heavy atom. The summed E-state index contributed by atoms with van der Waals surface area (Å²) in [6.07, 6.45) is 1.62. The number of halogens is 2. The first-order valence-corrected chi connectivity index (χ1v) is 5.97. The topological polar surface area (TPSA) is 67.6 Å². The molecule has 0 saturated carbocycles. The van der Waals surface area contributed by atoms with Gasteiger partial charge in [-0.25, -0.2) is 9.97 Å². The Morgan fingerprint density at radius 1 is 1.11 bits per heavy atom. The van der Waals surface area contributed by atoms with Gasteiger partial charge in [0.05, 0.1) is 21.1 Å². The number of nitrogens with one attached hydrogen (secondary N) is 1. The molecule has 3 aromatic rings. The van der Waals surface area contributed by atoms with Crippen LogP contribution in [-0.2, 0) is 0 Å². The summed E-state index contributed by atoms with van der Waals surface area (Å²) >= 11 is 12.3. The van der Waals surface area contributed by atoms with Crippen LogP contribution in [0.1, 0.15) is 0 Å². The lowest BCUT2D eigenvalue weighted by Gasteiger charge is -2.02. The largest absolute Gasteiger partial charge is 0.382 e. The van der Waals surface area contributed by atoms with Crippen molar-refractivity contribution in [1.82, 2.24) is 15.0 Å². The lowest BCUT2D eigenvalue weighted by molar-refractivity contribution is 1.33. The number of imidazole rings is 1. The summed E-state index contributed by atoms with van der Waals surface area (Å²) in [7, 11) is 0. The number of aromatic amines is 1. The Labute approximate surface area is 113 Å². The monoisotopic (exact) mass is 278 g/mol. The molecule has 3 N–H and O–H groups in total. The van der Waals surface area contributed by atoms with Crippen molar-refractivity contribution < 1.29 is 0 Å². The summed E-state index contributed by atoms with van der Waals surface area (Å²) < 4.78 is 0. The van der Waals surface area contributed by atoms with Gasteiger partial charge in [-0.1, -0.05) is 29.3 Å². The number of pyridine rings is 1. The molecule has 6 heteroatoms. The minimum atomic E-state index is 0.373. The second kappa shape index (κ2) is 4.15. The quantitative estimate of drug-likeness (QED) is 0.716. The maximum Gasteiger partial charge on any atom is 0.151 e. The van der Waals surface area contributed by atoms with Crippen molar-refractivity contribution in [3.8, 4) is 11.4 Å². The number of fused-ring (bicyclic) bond motifs is 1. The van der Waals surface area contributed by atoms with Crippen LogP contribution in [-0.4, -0.2) is 15.0 Å². The molecule has 0 atom stereocenters. The third-order valence-corrected chi connectivity index (χ3v) is 3.26. The summed E-state index contributed by atoms with van der Waals surface area (Å²) in [5, 5.41) is 1.07. The van der Waals surface area contributed by atoms with E-state index in [1.165, 1.54) is 0 Å². The van der Waals surface area contributed by atoms with Gasteiger partial charge in [0.2, 0.25) is 0 Å². The van der Waals surface area contributed by atoms with E-state index in [9.17, 15) is 0 Å². The van der Waals surface area contributed by atoms with Gasteiger partial charge < -0.3 is 10.7 Å². The molecule has 0 spiro atoms. The standard InChI is InChI=1S/C12H8Cl2N4/c13-6-2-1-3-7(14)9(6)12-17-8-4-5-16-11(15)10(8)18-12/h1-5H,(H2,15,16)(H,17,18). The summed E-state index contributed by atoms with van der Waals surface area (Å²) in [6, 6.07) is 7.11. The van der Waals surface area contributed by atoms with E-state index in [0.29, 0.717) is 32.8 Å². The van der Waals surface area contributed by atoms with Crippen molar-refractivity contribution >= 4 is 40.1 Å². The van der Waals surface area contributed by atoms with Crippen LogP contribution in [0, 0.1) is 0 Å². The van der Waals surface area contributed by atoms with E-state index >= 15 is 0 Å². The van der Waals surface area contributed by atoms with Gasteiger partial charge in [-0.2, -0.15) is 0 Å². The highest BCUT2D eigenvalue weighted by molar-refractivity contribution is 6.39. The number of rotatable bonds is 1. The van der Waals surface area contributed by atoms with Gasteiger partial charge in [0.25, 0.3) is 0 Å². The SMILES string of the molecule is Nc1nccc2[nH]c(-c3c(Cl)cccc3Cl)nc12. The molecule has 0 aliphatic carbocycles. The molecule has 0 radical (unpaired) electrons. The molecule has 0 fully saturated rings. The Balaban J connectivity index is 2.30. The van der Waals surface area contributed by atoms with Crippen molar-refractivity contribution in [1.29, 1.82) is 0 Å².